The minimum Gasteiger partial charge on any atom is -0.396 e. The van der Waals surface area contributed by atoms with E-state index in [1.54, 1.807) is 6.20 Å². The van der Waals surface area contributed by atoms with Gasteiger partial charge in [-0.2, -0.15) is 0 Å². The van der Waals surface area contributed by atoms with Crippen molar-refractivity contribution in [1.82, 2.24) is 10.1 Å². The number of aliphatic hydroxyl groups excluding tert-OH is 1. The number of aromatic nitrogens is 1. The minimum absolute atomic E-state index is 0.299. The monoisotopic (exact) mass is 196 g/mol. The highest BCUT2D eigenvalue weighted by molar-refractivity contribution is 4.93. The van der Waals surface area contributed by atoms with Crippen LogP contribution in [0.4, 0.5) is 0 Å². The lowest BCUT2D eigenvalue weighted by atomic mass is 9.99. The summed E-state index contributed by atoms with van der Waals surface area (Å²) >= 11 is 0. The molecule has 1 aliphatic heterocycles. The van der Waals surface area contributed by atoms with Crippen molar-refractivity contribution in [2.24, 2.45) is 5.92 Å². The molecule has 0 bridgehead atoms. The van der Waals surface area contributed by atoms with Crippen LogP contribution in [0.15, 0.2) is 16.8 Å². The number of rotatable bonds is 3. The molecule has 0 radical (unpaired) electrons. The van der Waals surface area contributed by atoms with Crippen LogP contribution < -0.4 is 0 Å². The van der Waals surface area contributed by atoms with Crippen molar-refractivity contribution in [3.8, 4) is 0 Å². The Balaban J connectivity index is 1.86. The average Bonchev–Trinajstić information content (AvgIpc) is 2.71. The molecule has 78 valence electrons. The van der Waals surface area contributed by atoms with Crippen molar-refractivity contribution in [2.75, 3.05) is 19.7 Å². The molecule has 2 heterocycles. The predicted molar refractivity (Wildman–Crippen MR) is 51.6 cm³/mol. The van der Waals surface area contributed by atoms with Crippen LogP contribution in [-0.2, 0) is 6.54 Å². The number of piperidine rings is 1. The molecule has 1 atom stereocenters. The number of nitrogens with zero attached hydrogens (tertiary/aromatic N) is 2. The Labute approximate surface area is 83.5 Å². The third-order valence-electron chi connectivity index (χ3n) is 2.73. The molecule has 0 amide bonds. The molecule has 1 fully saturated rings. The lowest BCUT2D eigenvalue weighted by molar-refractivity contribution is 0.108. The third kappa shape index (κ3) is 2.33. The SMILES string of the molecule is OCC1CCCN(Cc2ccno2)C1. The van der Waals surface area contributed by atoms with E-state index in [1.807, 2.05) is 6.07 Å². The summed E-state index contributed by atoms with van der Waals surface area (Å²) < 4.78 is 5.05. The zero-order valence-electron chi connectivity index (χ0n) is 8.22. The molecule has 0 saturated carbocycles. The van der Waals surface area contributed by atoms with Gasteiger partial charge in [0.05, 0.1) is 12.7 Å². The van der Waals surface area contributed by atoms with Crippen molar-refractivity contribution in [2.45, 2.75) is 19.4 Å². The molecule has 0 spiro atoms. The van der Waals surface area contributed by atoms with Crippen molar-refractivity contribution in [1.29, 1.82) is 0 Å². The second-order valence-corrected chi connectivity index (χ2v) is 3.90. The van der Waals surface area contributed by atoms with Gasteiger partial charge in [-0.15, -0.1) is 0 Å². The number of likely N-dealkylation sites (tertiary alicyclic amines) is 1. The molecule has 14 heavy (non-hydrogen) atoms. The van der Waals surface area contributed by atoms with Crippen LogP contribution in [0.1, 0.15) is 18.6 Å². The molecule has 4 nitrogen and oxygen atoms in total. The van der Waals surface area contributed by atoms with Gasteiger partial charge in [0.2, 0.25) is 0 Å². The van der Waals surface area contributed by atoms with Crippen LogP contribution in [0.2, 0.25) is 0 Å². The Hall–Kier alpha value is -0.870. The maximum atomic E-state index is 9.07. The first kappa shape index (κ1) is 9.68. The summed E-state index contributed by atoms with van der Waals surface area (Å²) in [6.07, 6.45) is 3.98. The summed E-state index contributed by atoms with van der Waals surface area (Å²) in [6.45, 7) is 3.18. The maximum Gasteiger partial charge on any atom is 0.150 e. The highest BCUT2D eigenvalue weighted by atomic mass is 16.5. The smallest absolute Gasteiger partial charge is 0.150 e. The van der Waals surface area contributed by atoms with Gasteiger partial charge in [-0.3, -0.25) is 4.90 Å². The van der Waals surface area contributed by atoms with E-state index in [-0.39, 0.29) is 0 Å². The molecule has 1 aliphatic rings. The molecular weight excluding hydrogens is 180 g/mol. The Bertz CT molecular complexity index is 261. The molecule has 2 rings (SSSR count). The van der Waals surface area contributed by atoms with E-state index in [9.17, 15) is 0 Å². The molecular formula is C10H16N2O2. The lowest BCUT2D eigenvalue weighted by Gasteiger charge is -2.30. The molecule has 0 aliphatic carbocycles. The van der Waals surface area contributed by atoms with Gasteiger partial charge in [0.25, 0.3) is 0 Å². The first-order valence-electron chi connectivity index (χ1n) is 5.11. The van der Waals surface area contributed by atoms with Crippen molar-refractivity contribution < 1.29 is 9.63 Å². The molecule has 0 aromatic carbocycles. The van der Waals surface area contributed by atoms with Crippen LogP contribution in [-0.4, -0.2) is 34.9 Å². The Morgan fingerprint density at radius 3 is 3.29 bits per heavy atom. The fourth-order valence-electron chi connectivity index (χ4n) is 1.99. The van der Waals surface area contributed by atoms with E-state index in [4.69, 9.17) is 9.63 Å². The molecule has 1 aromatic heterocycles. The van der Waals surface area contributed by atoms with Crippen molar-refractivity contribution in [3.63, 3.8) is 0 Å². The van der Waals surface area contributed by atoms with E-state index in [1.165, 1.54) is 6.42 Å². The quantitative estimate of drug-likeness (QED) is 0.779. The summed E-state index contributed by atoms with van der Waals surface area (Å²) in [5.74, 6) is 1.34. The second-order valence-electron chi connectivity index (χ2n) is 3.90. The number of aliphatic hydroxyl groups is 1. The highest BCUT2D eigenvalue weighted by Crippen LogP contribution is 2.17. The van der Waals surface area contributed by atoms with Crippen LogP contribution in [0.5, 0.6) is 0 Å². The highest BCUT2D eigenvalue weighted by Gasteiger charge is 2.19. The summed E-state index contributed by atoms with van der Waals surface area (Å²) in [6, 6.07) is 1.89. The van der Waals surface area contributed by atoms with Crippen LogP contribution in [0, 0.1) is 5.92 Å². The lowest BCUT2D eigenvalue weighted by Crippen LogP contribution is -2.36. The van der Waals surface area contributed by atoms with Crippen molar-refractivity contribution >= 4 is 0 Å². The van der Waals surface area contributed by atoms with E-state index in [0.717, 1.165) is 31.8 Å². The normalized spacial score (nSPS) is 23.9. The summed E-state index contributed by atoms with van der Waals surface area (Å²) in [4.78, 5) is 2.31. The Kier molecular flexibility index (Phi) is 3.16. The van der Waals surface area contributed by atoms with Crippen molar-refractivity contribution in [3.05, 3.63) is 18.0 Å². The molecule has 4 heteroatoms. The third-order valence-corrected chi connectivity index (χ3v) is 2.73. The minimum atomic E-state index is 0.299. The molecule has 1 N–H and O–H groups in total. The van der Waals surface area contributed by atoms with Gasteiger partial charge in [0.1, 0.15) is 0 Å². The topological polar surface area (TPSA) is 49.5 Å². The fourth-order valence-corrected chi connectivity index (χ4v) is 1.99. The zero-order valence-corrected chi connectivity index (χ0v) is 8.22. The average molecular weight is 196 g/mol. The van der Waals surface area contributed by atoms with Crippen LogP contribution in [0.3, 0.4) is 0 Å². The largest absolute Gasteiger partial charge is 0.396 e. The van der Waals surface area contributed by atoms with E-state index < -0.39 is 0 Å². The van der Waals surface area contributed by atoms with Gasteiger partial charge in [-0.1, -0.05) is 5.16 Å². The van der Waals surface area contributed by atoms with Gasteiger partial charge in [0, 0.05) is 19.2 Å². The predicted octanol–water partition coefficient (Wildman–Crippen LogP) is 0.879. The Morgan fingerprint density at radius 2 is 2.57 bits per heavy atom. The fraction of sp³-hybridized carbons (Fsp3) is 0.700. The van der Waals surface area contributed by atoms with Gasteiger partial charge in [-0.05, 0) is 25.3 Å². The first-order valence-corrected chi connectivity index (χ1v) is 5.11. The second kappa shape index (κ2) is 4.57. The van der Waals surface area contributed by atoms with Gasteiger partial charge in [-0.25, -0.2) is 0 Å². The van der Waals surface area contributed by atoms with E-state index >= 15 is 0 Å². The van der Waals surface area contributed by atoms with Crippen LogP contribution in [0.25, 0.3) is 0 Å². The summed E-state index contributed by atoms with van der Waals surface area (Å²) in [5.41, 5.74) is 0. The van der Waals surface area contributed by atoms with Crippen LogP contribution >= 0.6 is 0 Å². The first-order chi connectivity index (χ1) is 6.88. The molecule has 1 unspecified atom stereocenters. The number of hydrogen-bond acceptors (Lipinski definition) is 4. The summed E-state index contributed by atoms with van der Waals surface area (Å²) in [7, 11) is 0. The summed E-state index contributed by atoms with van der Waals surface area (Å²) in [5, 5.41) is 12.7. The standard InChI is InChI=1S/C10H16N2O2/c13-8-9-2-1-5-12(6-9)7-10-3-4-11-14-10/h3-4,9,13H,1-2,5-8H2. The van der Waals surface area contributed by atoms with Gasteiger partial charge < -0.3 is 9.63 Å². The Morgan fingerprint density at radius 1 is 1.64 bits per heavy atom. The maximum absolute atomic E-state index is 9.07. The molecule has 1 aromatic rings. The number of hydrogen-bond donors (Lipinski definition) is 1. The van der Waals surface area contributed by atoms with E-state index in [0.29, 0.717) is 12.5 Å². The van der Waals surface area contributed by atoms with E-state index in [2.05, 4.69) is 10.1 Å². The molecule has 1 saturated heterocycles. The zero-order chi connectivity index (χ0) is 9.80. The van der Waals surface area contributed by atoms with Gasteiger partial charge in [0.15, 0.2) is 5.76 Å². The van der Waals surface area contributed by atoms with Gasteiger partial charge >= 0.3 is 0 Å².